The van der Waals surface area contributed by atoms with E-state index < -0.39 is 0 Å². The molecule has 1 aliphatic carbocycles. The van der Waals surface area contributed by atoms with Crippen molar-refractivity contribution in [1.29, 1.82) is 0 Å². The summed E-state index contributed by atoms with van der Waals surface area (Å²) >= 11 is 0. The van der Waals surface area contributed by atoms with Crippen LogP contribution in [0.1, 0.15) is 63.0 Å². The lowest BCUT2D eigenvalue weighted by molar-refractivity contribution is 0.253. The van der Waals surface area contributed by atoms with Gasteiger partial charge in [-0.3, -0.25) is 4.79 Å². The Kier molecular flexibility index (Phi) is 3.11. The Bertz CT molecular complexity index is 763. The molecule has 0 bridgehead atoms. The van der Waals surface area contributed by atoms with E-state index in [1.807, 2.05) is 11.6 Å². The largest absolute Gasteiger partial charge is 0.312 e. The van der Waals surface area contributed by atoms with Crippen LogP contribution in [0.25, 0.3) is 11.0 Å². The molecular weight excluding hydrogens is 278 g/mol. The standard InChI is InChI=1S/C16H23N5O/c1-8-6-12(7-9(2)17-8)21-15-13(14(20-21)11-4-5-11)16(22)19-10(3)18-15/h8-9,11-12,17H,4-7H2,1-3H3,(H,18,19,22)/t8-,9-/m1/s1. The molecule has 1 aliphatic heterocycles. The third kappa shape index (κ3) is 2.26. The first-order chi connectivity index (χ1) is 10.5. The van der Waals surface area contributed by atoms with Gasteiger partial charge in [0.15, 0.2) is 5.65 Å². The van der Waals surface area contributed by atoms with Gasteiger partial charge in [-0.2, -0.15) is 5.10 Å². The van der Waals surface area contributed by atoms with E-state index >= 15 is 0 Å². The zero-order valence-electron chi connectivity index (χ0n) is 13.4. The molecule has 2 fully saturated rings. The molecule has 4 rings (SSSR count). The third-order valence-corrected chi connectivity index (χ3v) is 4.84. The lowest BCUT2D eigenvalue weighted by Crippen LogP contribution is -2.43. The molecule has 0 spiro atoms. The molecule has 118 valence electrons. The minimum atomic E-state index is -0.0364. The third-order valence-electron chi connectivity index (χ3n) is 4.84. The van der Waals surface area contributed by atoms with Gasteiger partial charge in [0.1, 0.15) is 11.2 Å². The average molecular weight is 301 g/mol. The van der Waals surface area contributed by atoms with Crippen molar-refractivity contribution in [3.05, 3.63) is 21.9 Å². The number of H-pyrrole nitrogens is 1. The van der Waals surface area contributed by atoms with E-state index in [0.717, 1.165) is 37.0 Å². The zero-order valence-corrected chi connectivity index (χ0v) is 13.4. The van der Waals surface area contributed by atoms with E-state index in [-0.39, 0.29) is 5.56 Å². The summed E-state index contributed by atoms with van der Waals surface area (Å²) in [7, 11) is 0. The van der Waals surface area contributed by atoms with Gasteiger partial charge in [0.25, 0.3) is 5.56 Å². The Labute approximate surface area is 129 Å². The molecule has 22 heavy (non-hydrogen) atoms. The molecule has 6 heteroatoms. The van der Waals surface area contributed by atoms with Crippen LogP contribution in [-0.2, 0) is 0 Å². The number of rotatable bonds is 2. The summed E-state index contributed by atoms with van der Waals surface area (Å²) in [5.41, 5.74) is 1.70. The Morgan fingerprint density at radius 3 is 2.50 bits per heavy atom. The quantitative estimate of drug-likeness (QED) is 0.889. The molecule has 0 radical (unpaired) electrons. The van der Waals surface area contributed by atoms with Gasteiger partial charge < -0.3 is 10.3 Å². The Morgan fingerprint density at radius 2 is 1.86 bits per heavy atom. The van der Waals surface area contributed by atoms with Gasteiger partial charge in [0.2, 0.25) is 0 Å². The summed E-state index contributed by atoms with van der Waals surface area (Å²) in [5.74, 6) is 1.11. The van der Waals surface area contributed by atoms with Crippen LogP contribution in [0.4, 0.5) is 0 Å². The second kappa shape index (κ2) is 4.91. The zero-order chi connectivity index (χ0) is 15.4. The molecule has 3 heterocycles. The molecule has 0 unspecified atom stereocenters. The van der Waals surface area contributed by atoms with Gasteiger partial charge in [0.05, 0.1) is 11.7 Å². The predicted molar refractivity (Wildman–Crippen MR) is 85.2 cm³/mol. The molecule has 6 nitrogen and oxygen atoms in total. The molecule has 2 aromatic heterocycles. The van der Waals surface area contributed by atoms with Crippen molar-refractivity contribution in [3.8, 4) is 0 Å². The highest BCUT2D eigenvalue weighted by Crippen LogP contribution is 2.42. The van der Waals surface area contributed by atoms with Gasteiger partial charge in [0, 0.05) is 18.0 Å². The highest BCUT2D eigenvalue weighted by atomic mass is 16.1. The molecule has 2 aliphatic rings. The Balaban J connectivity index is 1.88. The number of hydrogen-bond acceptors (Lipinski definition) is 4. The summed E-state index contributed by atoms with van der Waals surface area (Å²) in [6, 6.07) is 1.23. The van der Waals surface area contributed by atoms with Gasteiger partial charge in [-0.1, -0.05) is 0 Å². The lowest BCUT2D eigenvalue weighted by Gasteiger charge is -2.33. The number of aromatic amines is 1. The van der Waals surface area contributed by atoms with Crippen LogP contribution < -0.4 is 10.9 Å². The van der Waals surface area contributed by atoms with E-state index in [2.05, 4.69) is 29.1 Å². The molecule has 1 saturated carbocycles. The highest BCUT2D eigenvalue weighted by Gasteiger charge is 2.34. The van der Waals surface area contributed by atoms with E-state index in [1.54, 1.807) is 0 Å². The molecule has 2 N–H and O–H groups in total. The molecular formula is C16H23N5O. The van der Waals surface area contributed by atoms with Crippen molar-refractivity contribution in [2.24, 2.45) is 0 Å². The lowest BCUT2D eigenvalue weighted by atomic mass is 9.95. The molecule has 1 saturated heterocycles. The number of aromatic nitrogens is 4. The molecule has 0 aromatic carbocycles. The van der Waals surface area contributed by atoms with Crippen molar-refractivity contribution in [3.63, 3.8) is 0 Å². The summed E-state index contributed by atoms with van der Waals surface area (Å²) < 4.78 is 2.04. The summed E-state index contributed by atoms with van der Waals surface area (Å²) in [4.78, 5) is 19.9. The molecule has 0 amide bonds. The van der Waals surface area contributed by atoms with E-state index in [4.69, 9.17) is 5.10 Å². The van der Waals surface area contributed by atoms with Crippen LogP contribution in [0.3, 0.4) is 0 Å². The fourth-order valence-electron chi connectivity index (χ4n) is 3.81. The number of piperidine rings is 1. The van der Waals surface area contributed by atoms with Crippen molar-refractivity contribution >= 4 is 11.0 Å². The normalized spacial score (nSPS) is 29.1. The number of hydrogen-bond donors (Lipinski definition) is 2. The average Bonchev–Trinajstić information content (AvgIpc) is 3.19. The van der Waals surface area contributed by atoms with Gasteiger partial charge in [-0.25, -0.2) is 9.67 Å². The number of nitrogens with one attached hydrogen (secondary N) is 2. The van der Waals surface area contributed by atoms with E-state index in [9.17, 15) is 4.79 Å². The molecule has 2 atom stereocenters. The Morgan fingerprint density at radius 1 is 1.18 bits per heavy atom. The minimum Gasteiger partial charge on any atom is -0.312 e. The maximum atomic E-state index is 12.4. The van der Waals surface area contributed by atoms with Crippen LogP contribution >= 0.6 is 0 Å². The van der Waals surface area contributed by atoms with Crippen molar-refractivity contribution in [2.75, 3.05) is 0 Å². The van der Waals surface area contributed by atoms with Crippen molar-refractivity contribution in [1.82, 2.24) is 25.1 Å². The minimum absolute atomic E-state index is 0.0364. The monoisotopic (exact) mass is 301 g/mol. The maximum Gasteiger partial charge on any atom is 0.262 e. The molecule has 2 aromatic rings. The van der Waals surface area contributed by atoms with Gasteiger partial charge in [-0.05, 0) is 46.5 Å². The first-order valence-corrected chi connectivity index (χ1v) is 8.28. The SMILES string of the molecule is Cc1nc2c(c(C3CC3)nn2C2C[C@@H](C)N[C@H](C)C2)c(=O)[nH]1. The van der Waals surface area contributed by atoms with Crippen molar-refractivity contribution in [2.45, 2.75) is 70.5 Å². The van der Waals surface area contributed by atoms with E-state index in [0.29, 0.717) is 35.3 Å². The summed E-state index contributed by atoms with van der Waals surface area (Å²) in [5, 5.41) is 9.13. The number of aryl methyl sites for hydroxylation is 1. The van der Waals surface area contributed by atoms with Gasteiger partial charge in [-0.15, -0.1) is 0 Å². The fourth-order valence-corrected chi connectivity index (χ4v) is 3.81. The van der Waals surface area contributed by atoms with Gasteiger partial charge >= 0.3 is 0 Å². The number of fused-ring (bicyclic) bond motifs is 1. The number of nitrogens with zero attached hydrogens (tertiary/aromatic N) is 3. The van der Waals surface area contributed by atoms with Crippen LogP contribution in [0, 0.1) is 6.92 Å². The van der Waals surface area contributed by atoms with Crippen molar-refractivity contribution < 1.29 is 0 Å². The predicted octanol–water partition coefficient (Wildman–Crippen LogP) is 2.01. The second-order valence-corrected chi connectivity index (χ2v) is 7.05. The smallest absolute Gasteiger partial charge is 0.262 e. The van der Waals surface area contributed by atoms with Crippen LogP contribution in [0.15, 0.2) is 4.79 Å². The first kappa shape index (κ1) is 13.9. The highest BCUT2D eigenvalue weighted by molar-refractivity contribution is 5.78. The summed E-state index contributed by atoms with van der Waals surface area (Å²) in [6.45, 7) is 6.26. The van der Waals surface area contributed by atoms with Crippen LogP contribution in [0.5, 0.6) is 0 Å². The van der Waals surface area contributed by atoms with Crippen LogP contribution in [-0.4, -0.2) is 31.8 Å². The second-order valence-electron chi connectivity index (χ2n) is 7.05. The Hall–Kier alpha value is -1.69. The fraction of sp³-hybridized carbons (Fsp3) is 0.688. The maximum absolute atomic E-state index is 12.4. The topological polar surface area (TPSA) is 75.6 Å². The van der Waals surface area contributed by atoms with Crippen LogP contribution in [0.2, 0.25) is 0 Å². The first-order valence-electron chi connectivity index (χ1n) is 8.28. The summed E-state index contributed by atoms with van der Waals surface area (Å²) in [6.07, 6.45) is 4.33. The van der Waals surface area contributed by atoms with E-state index in [1.165, 1.54) is 0 Å².